The molecule has 0 aliphatic heterocycles. The summed E-state index contributed by atoms with van der Waals surface area (Å²) in [7, 11) is 1.82. The summed E-state index contributed by atoms with van der Waals surface area (Å²) in [5.74, 6) is 0.377. The Hall–Kier alpha value is -1.04. The quantitative estimate of drug-likeness (QED) is 0.689. The van der Waals surface area contributed by atoms with Gasteiger partial charge in [-0.05, 0) is 19.8 Å². The highest BCUT2D eigenvalue weighted by Gasteiger charge is 2.23. The number of hydrogen-bond donors (Lipinski definition) is 0. The van der Waals surface area contributed by atoms with Gasteiger partial charge in [-0.15, -0.1) is 0 Å². The van der Waals surface area contributed by atoms with Crippen LogP contribution in [-0.2, 0) is 4.79 Å². The van der Waals surface area contributed by atoms with E-state index in [1.54, 1.807) is 4.90 Å². The van der Waals surface area contributed by atoms with Crippen LogP contribution in [0.25, 0.3) is 0 Å². The third kappa shape index (κ3) is 3.84. The van der Waals surface area contributed by atoms with Gasteiger partial charge in [0, 0.05) is 19.5 Å². The Morgan fingerprint density at radius 1 is 1.38 bits per heavy atom. The van der Waals surface area contributed by atoms with Crippen molar-refractivity contribution in [2.24, 2.45) is 11.8 Å². The lowest BCUT2D eigenvalue weighted by molar-refractivity contribution is -0.134. The molecule has 0 radical (unpaired) electrons. The van der Waals surface area contributed by atoms with Gasteiger partial charge in [-0.3, -0.25) is 4.79 Å². The van der Waals surface area contributed by atoms with Crippen LogP contribution in [0.4, 0.5) is 0 Å². The lowest BCUT2D eigenvalue weighted by Gasteiger charge is -2.23. The number of nitriles is 1. The topological polar surface area (TPSA) is 44.1 Å². The molecule has 1 unspecified atom stereocenters. The summed E-state index contributed by atoms with van der Waals surface area (Å²) in [5, 5.41) is 8.73. The standard InChI is InChI=1S/C13H22N2O/c1-11(9-14)10-15(2)13(16)12-7-5-3-4-6-8-12/h11-12H,3-8,10H2,1-2H3. The molecule has 0 bridgehead atoms. The minimum Gasteiger partial charge on any atom is -0.344 e. The zero-order valence-corrected chi connectivity index (χ0v) is 10.4. The minimum atomic E-state index is -0.0697. The number of hydrogen-bond acceptors (Lipinski definition) is 2. The summed E-state index contributed by atoms with van der Waals surface area (Å²) in [6.45, 7) is 2.42. The molecule has 90 valence electrons. The summed E-state index contributed by atoms with van der Waals surface area (Å²) in [6, 6.07) is 2.17. The molecule has 0 aromatic carbocycles. The zero-order valence-electron chi connectivity index (χ0n) is 10.4. The molecule has 16 heavy (non-hydrogen) atoms. The molecular weight excluding hydrogens is 200 g/mol. The van der Waals surface area contributed by atoms with Crippen LogP contribution in [0.2, 0.25) is 0 Å². The first-order chi connectivity index (χ1) is 7.65. The van der Waals surface area contributed by atoms with Crippen molar-refractivity contribution >= 4 is 5.91 Å². The first kappa shape index (κ1) is 13.0. The van der Waals surface area contributed by atoms with Gasteiger partial charge in [0.05, 0.1) is 12.0 Å². The molecule has 1 saturated carbocycles. The highest BCUT2D eigenvalue weighted by molar-refractivity contribution is 5.78. The average Bonchev–Trinajstić information content (AvgIpc) is 2.56. The highest BCUT2D eigenvalue weighted by atomic mass is 16.2. The Labute approximate surface area is 98.4 Å². The molecule has 3 nitrogen and oxygen atoms in total. The van der Waals surface area contributed by atoms with Crippen LogP contribution in [0.15, 0.2) is 0 Å². The monoisotopic (exact) mass is 222 g/mol. The molecule has 0 spiro atoms. The summed E-state index contributed by atoms with van der Waals surface area (Å²) in [4.78, 5) is 13.9. The molecule has 1 aliphatic carbocycles. The molecule has 1 atom stereocenters. The lowest BCUT2D eigenvalue weighted by Crippen LogP contribution is -2.35. The second kappa shape index (κ2) is 6.52. The van der Waals surface area contributed by atoms with Crippen molar-refractivity contribution < 1.29 is 4.79 Å². The minimum absolute atomic E-state index is 0.0697. The van der Waals surface area contributed by atoms with Crippen molar-refractivity contribution in [2.45, 2.75) is 45.4 Å². The van der Waals surface area contributed by atoms with Crippen molar-refractivity contribution in [1.82, 2.24) is 4.90 Å². The van der Waals surface area contributed by atoms with Gasteiger partial charge in [-0.25, -0.2) is 0 Å². The number of carbonyl (C=O) groups is 1. The molecule has 0 N–H and O–H groups in total. The fourth-order valence-corrected chi connectivity index (χ4v) is 2.38. The largest absolute Gasteiger partial charge is 0.344 e. The van der Waals surface area contributed by atoms with E-state index in [1.807, 2.05) is 14.0 Å². The smallest absolute Gasteiger partial charge is 0.225 e. The normalized spacial score (nSPS) is 19.6. The van der Waals surface area contributed by atoms with Crippen molar-refractivity contribution in [2.75, 3.05) is 13.6 Å². The molecule has 0 saturated heterocycles. The van der Waals surface area contributed by atoms with Gasteiger partial charge in [0.1, 0.15) is 0 Å². The fraction of sp³-hybridized carbons (Fsp3) is 0.846. The number of amides is 1. The molecule has 1 fully saturated rings. The van der Waals surface area contributed by atoms with Crippen molar-refractivity contribution in [1.29, 1.82) is 5.26 Å². The van der Waals surface area contributed by atoms with E-state index in [2.05, 4.69) is 6.07 Å². The maximum atomic E-state index is 12.1. The zero-order chi connectivity index (χ0) is 12.0. The van der Waals surface area contributed by atoms with Gasteiger partial charge in [0.25, 0.3) is 0 Å². The summed E-state index contributed by atoms with van der Waals surface area (Å²) in [6.07, 6.45) is 6.95. The number of carbonyl (C=O) groups excluding carboxylic acids is 1. The van der Waals surface area contributed by atoms with Crippen molar-refractivity contribution in [3.8, 4) is 6.07 Å². The van der Waals surface area contributed by atoms with E-state index in [0.717, 1.165) is 12.8 Å². The number of rotatable bonds is 3. The second-order valence-electron chi connectivity index (χ2n) is 4.94. The lowest BCUT2D eigenvalue weighted by atomic mass is 9.98. The third-order valence-electron chi connectivity index (χ3n) is 3.35. The van der Waals surface area contributed by atoms with Gasteiger partial charge in [0.15, 0.2) is 0 Å². The van der Waals surface area contributed by atoms with Crippen molar-refractivity contribution in [3.05, 3.63) is 0 Å². The molecule has 0 aromatic rings. The molecular formula is C13H22N2O. The van der Waals surface area contributed by atoms with E-state index < -0.39 is 0 Å². The van der Waals surface area contributed by atoms with Gasteiger partial charge < -0.3 is 4.90 Å². The Bertz CT molecular complexity index is 262. The summed E-state index contributed by atoms with van der Waals surface area (Å²) in [5.41, 5.74) is 0. The number of nitrogens with zero attached hydrogens (tertiary/aromatic N) is 2. The molecule has 3 heteroatoms. The molecule has 0 aromatic heterocycles. The fourth-order valence-electron chi connectivity index (χ4n) is 2.38. The Kier molecular flexibility index (Phi) is 5.31. The molecule has 1 amide bonds. The van der Waals surface area contributed by atoms with E-state index in [-0.39, 0.29) is 17.7 Å². The average molecular weight is 222 g/mol. The van der Waals surface area contributed by atoms with Gasteiger partial charge in [-0.2, -0.15) is 5.26 Å². The SMILES string of the molecule is CC(C#N)CN(C)C(=O)C1CCCCCC1. The van der Waals surface area contributed by atoms with Crippen molar-refractivity contribution in [3.63, 3.8) is 0 Å². The Morgan fingerprint density at radius 3 is 2.44 bits per heavy atom. The van der Waals surface area contributed by atoms with E-state index in [1.165, 1.54) is 25.7 Å². The molecule has 0 heterocycles. The second-order valence-corrected chi connectivity index (χ2v) is 4.94. The maximum absolute atomic E-state index is 12.1. The maximum Gasteiger partial charge on any atom is 0.225 e. The summed E-state index contributed by atoms with van der Waals surface area (Å²) >= 11 is 0. The van der Waals surface area contributed by atoms with Crippen LogP contribution in [-0.4, -0.2) is 24.4 Å². The first-order valence-corrected chi connectivity index (χ1v) is 6.29. The first-order valence-electron chi connectivity index (χ1n) is 6.29. The van der Waals surface area contributed by atoms with Crippen LogP contribution < -0.4 is 0 Å². The molecule has 1 aliphatic rings. The van der Waals surface area contributed by atoms with E-state index in [0.29, 0.717) is 6.54 Å². The van der Waals surface area contributed by atoms with Crippen LogP contribution in [0.5, 0.6) is 0 Å². The van der Waals surface area contributed by atoms with Crippen LogP contribution >= 0.6 is 0 Å². The molecule has 1 rings (SSSR count). The highest BCUT2D eigenvalue weighted by Crippen LogP contribution is 2.24. The van der Waals surface area contributed by atoms with Crippen LogP contribution in [0.3, 0.4) is 0 Å². The van der Waals surface area contributed by atoms with Crippen LogP contribution in [0.1, 0.15) is 45.4 Å². The Balaban J connectivity index is 2.45. The van der Waals surface area contributed by atoms with Gasteiger partial charge in [-0.1, -0.05) is 25.7 Å². The van der Waals surface area contributed by atoms with E-state index in [9.17, 15) is 4.79 Å². The van der Waals surface area contributed by atoms with Gasteiger partial charge in [0.2, 0.25) is 5.91 Å². The predicted octanol–water partition coefficient (Wildman–Crippen LogP) is 2.57. The summed E-state index contributed by atoms with van der Waals surface area (Å²) < 4.78 is 0. The predicted molar refractivity (Wildman–Crippen MR) is 63.6 cm³/mol. The van der Waals surface area contributed by atoms with E-state index >= 15 is 0 Å². The van der Waals surface area contributed by atoms with Gasteiger partial charge >= 0.3 is 0 Å². The van der Waals surface area contributed by atoms with E-state index in [4.69, 9.17) is 5.26 Å². The third-order valence-corrected chi connectivity index (χ3v) is 3.35. The van der Waals surface area contributed by atoms with Crippen LogP contribution in [0, 0.1) is 23.2 Å². The Morgan fingerprint density at radius 2 is 1.94 bits per heavy atom.